The first-order valence-electron chi connectivity index (χ1n) is 4.75. The van der Waals surface area contributed by atoms with E-state index in [0.29, 0.717) is 0 Å². The third-order valence-electron chi connectivity index (χ3n) is 1.95. The Morgan fingerprint density at radius 3 is 2.72 bits per heavy atom. The van der Waals surface area contributed by atoms with Gasteiger partial charge in [-0.3, -0.25) is 0 Å². The van der Waals surface area contributed by atoms with Crippen LogP contribution in [0.3, 0.4) is 0 Å². The lowest BCUT2D eigenvalue weighted by Gasteiger charge is -2.02. The van der Waals surface area contributed by atoms with E-state index >= 15 is 0 Å². The van der Waals surface area contributed by atoms with Crippen molar-refractivity contribution in [2.45, 2.75) is 10.1 Å². The van der Waals surface area contributed by atoms with Gasteiger partial charge >= 0.3 is 5.97 Å². The van der Waals surface area contributed by atoms with E-state index in [1.165, 1.54) is 18.3 Å². The molecule has 0 aliphatic rings. The number of nitrogens with zero attached hydrogens (tertiary/aromatic N) is 2. The lowest BCUT2D eigenvalue weighted by atomic mass is 10.3. The van der Waals surface area contributed by atoms with Crippen LogP contribution >= 0.6 is 11.8 Å². The minimum atomic E-state index is -1.20. The van der Waals surface area contributed by atoms with Crippen LogP contribution in [-0.4, -0.2) is 21.0 Å². The van der Waals surface area contributed by atoms with E-state index < -0.39 is 17.6 Å². The molecule has 7 heteroatoms. The molecular weight excluding hydrogens is 262 g/mol. The summed E-state index contributed by atoms with van der Waals surface area (Å²) < 4.78 is 26.1. The number of aromatic nitrogens is 2. The standard InChI is InChI=1S/C11H6F2N2O2S/c12-6-1-2-9(7(13)5-6)18-11-14-4-3-8(15-11)10(16)17/h1-5H,(H,16,17). The van der Waals surface area contributed by atoms with Crippen LogP contribution in [0, 0.1) is 11.6 Å². The van der Waals surface area contributed by atoms with Crippen molar-refractivity contribution < 1.29 is 18.7 Å². The molecule has 2 aromatic rings. The summed E-state index contributed by atoms with van der Waals surface area (Å²) in [6.45, 7) is 0. The number of carbonyl (C=O) groups is 1. The zero-order valence-corrected chi connectivity index (χ0v) is 9.62. The van der Waals surface area contributed by atoms with Gasteiger partial charge in [0.1, 0.15) is 11.6 Å². The van der Waals surface area contributed by atoms with Crippen LogP contribution in [0.5, 0.6) is 0 Å². The SMILES string of the molecule is O=C(O)c1ccnc(Sc2ccc(F)cc2F)n1. The highest BCUT2D eigenvalue weighted by molar-refractivity contribution is 7.99. The van der Waals surface area contributed by atoms with Gasteiger partial charge in [0, 0.05) is 12.3 Å². The molecule has 1 aromatic heterocycles. The lowest BCUT2D eigenvalue weighted by Crippen LogP contribution is -2.01. The predicted molar refractivity (Wildman–Crippen MR) is 59.5 cm³/mol. The van der Waals surface area contributed by atoms with Crippen molar-refractivity contribution in [3.05, 3.63) is 47.8 Å². The van der Waals surface area contributed by atoms with E-state index in [2.05, 4.69) is 9.97 Å². The Bertz CT molecular complexity index is 607. The van der Waals surface area contributed by atoms with Crippen LogP contribution in [-0.2, 0) is 0 Å². The Morgan fingerprint density at radius 1 is 1.28 bits per heavy atom. The molecule has 0 radical (unpaired) electrons. The van der Waals surface area contributed by atoms with Gasteiger partial charge in [-0.15, -0.1) is 0 Å². The molecule has 1 aromatic carbocycles. The number of carboxylic acid groups (broad SMARTS) is 1. The largest absolute Gasteiger partial charge is 0.477 e. The van der Waals surface area contributed by atoms with Gasteiger partial charge in [-0.2, -0.15) is 0 Å². The zero-order chi connectivity index (χ0) is 13.1. The topological polar surface area (TPSA) is 63.1 Å². The number of benzene rings is 1. The summed E-state index contributed by atoms with van der Waals surface area (Å²) in [7, 11) is 0. The summed E-state index contributed by atoms with van der Waals surface area (Å²) >= 11 is 0.827. The normalized spacial score (nSPS) is 10.3. The highest BCUT2D eigenvalue weighted by Crippen LogP contribution is 2.27. The van der Waals surface area contributed by atoms with E-state index in [4.69, 9.17) is 5.11 Å². The summed E-state index contributed by atoms with van der Waals surface area (Å²) in [5, 5.41) is 8.83. The summed E-state index contributed by atoms with van der Waals surface area (Å²) in [5.74, 6) is -2.62. The monoisotopic (exact) mass is 268 g/mol. The van der Waals surface area contributed by atoms with Gasteiger partial charge in [0.15, 0.2) is 10.9 Å². The van der Waals surface area contributed by atoms with Crippen molar-refractivity contribution in [1.82, 2.24) is 9.97 Å². The highest BCUT2D eigenvalue weighted by Gasteiger charge is 2.10. The maximum absolute atomic E-state index is 13.4. The third kappa shape index (κ3) is 2.80. The Morgan fingerprint density at radius 2 is 2.06 bits per heavy atom. The number of aromatic carboxylic acids is 1. The molecule has 0 saturated carbocycles. The molecule has 0 aliphatic carbocycles. The molecule has 0 aliphatic heterocycles. The zero-order valence-electron chi connectivity index (χ0n) is 8.80. The van der Waals surface area contributed by atoms with Gasteiger partial charge in [0.2, 0.25) is 0 Å². The van der Waals surface area contributed by atoms with E-state index in [1.807, 2.05) is 0 Å². The first-order chi connectivity index (χ1) is 8.56. The first-order valence-corrected chi connectivity index (χ1v) is 5.57. The number of hydrogen-bond donors (Lipinski definition) is 1. The molecule has 2 rings (SSSR count). The highest BCUT2D eigenvalue weighted by atomic mass is 32.2. The third-order valence-corrected chi connectivity index (χ3v) is 2.88. The Balaban J connectivity index is 2.28. The van der Waals surface area contributed by atoms with Crippen molar-refractivity contribution in [2.24, 2.45) is 0 Å². The second-order valence-corrected chi connectivity index (χ2v) is 4.22. The molecule has 0 spiro atoms. The van der Waals surface area contributed by atoms with Gasteiger partial charge in [-0.25, -0.2) is 23.5 Å². The average Bonchev–Trinajstić information content (AvgIpc) is 2.33. The maximum Gasteiger partial charge on any atom is 0.354 e. The van der Waals surface area contributed by atoms with Gasteiger partial charge in [0.05, 0.1) is 4.90 Å². The second-order valence-electron chi connectivity index (χ2n) is 3.21. The summed E-state index contributed by atoms with van der Waals surface area (Å²) in [6, 6.07) is 4.31. The van der Waals surface area contributed by atoms with Crippen LogP contribution in [0.2, 0.25) is 0 Å². The summed E-state index contributed by atoms with van der Waals surface area (Å²) in [4.78, 5) is 18.3. The average molecular weight is 268 g/mol. The molecular formula is C11H6F2N2O2S. The number of hydrogen-bond acceptors (Lipinski definition) is 4. The van der Waals surface area contributed by atoms with Crippen molar-refractivity contribution in [2.75, 3.05) is 0 Å². The second kappa shape index (κ2) is 5.09. The Hall–Kier alpha value is -2.02. The minimum Gasteiger partial charge on any atom is -0.477 e. The molecule has 0 saturated heterocycles. The Kier molecular flexibility index (Phi) is 3.52. The molecule has 0 atom stereocenters. The molecule has 0 bridgehead atoms. The van der Waals surface area contributed by atoms with Gasteiger partial charge < -0.3 is 5.11 Å². The molecule has 4 nitrogen and oxygen atoms in total. The van der Waals surface area contributed by atoms with Crippen molar-refractivity contribution in [3.8, 4) is 0 Å². The molecule has 1 N–H and O–H groups in total. The molecule has 18 heavy (non-hydrogen) atoms. The minimum absolute atomic E-state index is 0.0837. The predicted octanol–water partition coefficient (Wildman–Crippen LogP) is 2.60. The molecule has 0 amide bonds. The van der Waals surface area contributed by atoms with Crippen LogP contribution < -0.4 is 0 Å². The number of halogens is 2. The van der Waals surface area contributed by atoms with E-state index in [9.17, 15) is 13.6 Å². The van der Waals surface area contributed by atoms with Gasteiger partial charge in [-0.05, 0) is 30.0 Å². The van der Waals surface area contributed by atoms with E-state index in [1.54, 1.807) is 0 Å². The smallest absolute Gasteiger partial charge is 0.354 e. The van der Waals surface area contributed by atoms with Gasteiger partial charge in [-0.1, -0.05) is 0 Å². The first kappa shape index (κ1) is 12.4. The number of rotatable bonds is 3. The fourth-order valence-corrected chi connectivity index (χ4v) is 1.91. The van der Waals surface area contributed by atoms with Crippen LogP contribution in [0.4, 0.5) is 8.78 Å². The summed E-state index contributed by atoms with van der Waals surface area (Å²) in [5.41, 5.74) is -0.185. The summed E-state index contributed by atoms with van der Waals surface area (Å²) in [6.07, 6.45) is 1.26. The van der Waals surface area contributed by atoms with E-state index in [-0.39, 0.29) is 15.7 Å². The molecule has 1 heterocycles. The van der Waals surface area contributed by atoms with Crippen molar-refractivity contribution >= 4 is 17.7 Å². The van der Waals surface area contributed by atoms with Gasteiger partial charge in [0.25, 0.3) is 0 Å². The van der Waals surface area contributed by atoms with Crippen LogP contribution in [0.1, 0.15) is 10.5 Å². The molecule has 92 valence electrons. The van der Waals surface area contributed by atoms with Crippen LogP contribution in [0.25, 0.3) is 0 Å². The van der Waals surface area contributed by atoms with Crippen molar-refractivity contribution in [1.29, 1.82) is 0 Å². The number of carboxylic acids is 1. The molecule has 0 unspecified atom stereocenters. The van der Waals surface area contributed by atoms with Crippen LogP contribution in [0.15, 0.2) is 40.5 Å². The van der Waals surface area contributed by atoms with Crippen molar-refractivity contribution in [3.63, 3.8) is 0 Å². The lowest BCUT2D eigenvalue weighted by molar-refractivity contribution is 0.0689. The molecule has 0 fully saturated rings. The fraction of sp³-hybridized carbons (Fsp3) is 0. The Labute approximate surface area is 105 Å². The van der Waals surface area contributed by atoms with E-state index in [0.717, 1.165) is 23.9 Å². The quantitative estimate of drug-likeness (QED) is 0.867. The fourth-order valence-electron chi connectivity index (χ4n) is 1.17. The maximum atomic E-state index is 13.4.